The van der Waals surface area contributed by atoms with E-state index in [9.17, 15) is 0 Å². The molecule has 1 atom stereocenters. The topological polar surface area (TPSA) is 3.24 Å². The molecule has 1 unspecified atom stereocenters. The van der Waals surface area contributed by atoms with Crippen molar-refractivity contribution >= 4 is 27.8 Å². The molecule has 1 spiro atoms. The Morgan fingerprint density at radius 2 is 0.672 bits per heavy atom. The van der Waals surface area contributed by atoms with Gasteiger partial charge in [-0.25, -0.2) is 0 Å². The van der Waals surface area contributed by atoms with Gasteiger partial charge in [0.05, 0.1) is 22.2 Å². The first-order chi connectivity index (χ1) is 33.3. The predicted molar refractivity (Wildman–Crippen MR) is 278 cm³/mol. The maximum atomic E-state index is 2.58. The summed E-state index contributed by atoms with van der Waals surface area (Å²) in [5.74, 6) is 0. The normalized spacial score (nSPS) is 15.3. The molecule has 0 N–H and O–H groups in total. The SMILES string of the molecule is c1ccc(-c2ccc(N(c3cccc4c3-c3ccccc3C4(c3ccccc3)c3ccccc3)c3cccc4c3-c3ccccc3C43c4ccccc4-c4c3ccc3ccccc43)cc2)cc1. The molecule has 0 heterocycles. The monoisotopic (exact) mass is 849 g/mol. The van der Waals surface area contributed by atoms with Crippen molar-refractivity contribution in [3.63, 3.8) is 0 Å². The molecule has 312 valence electrons. The zero-order chi connectivity index (χ0) is 44.1. The smallest absolute Gasteiger partial charge is 0.0726 e. The van der Waals surface area contributed by atoms with Gasteiger partial charge in [-0.05, 0) is 113 Å². The fourth-order valence-corrected chi connectivity index (χ4v) is 12.6. The van der Waals surface area contributed by atoms with Gasteiger partial charge in [0.2, 0.25) is 0 Å². The van der Waals surface area contributed by atoms with Gasteiger partial charge in [0.25, 0.3) is 0 Å². The minimum Gasteiger partial charge on any atom is -0.309 e. The molecule has 14 rings (SSSR count). The van der Waals surface area contributed by atoms with Crippen LogP contribution in [0.5, 0.6) is 0 Å². The third-order valence-corrected chi connectivity index (χ3v) is 15.2. The maximum absolute atomic E-state index is 2.58. The molecule has 0 saturated heterocycles. The Bertz CT molecular complexity index is 3700. The Morgan fingerprint density at radius 3 is 1.25 bits per heavy atom. The predicted octanol–water partition coefficient (Wildman–Crippen LogP) is 16.7. The number of anilines is 3. The summed E-state index contributed by atoms with van der Waals surface area (Å²) in [6.07, 6.45) is 0. The van der Waals surface area contributed by atoms with Gasteiger partial charge >= 0.3 is 0 Å². The Labute approximate surface area is 391 Å². The van der Waals surface area contributed by atoms with Crippen LogP contribution in [0.3, 0.4) is 0 Å². The summed E-state index contributed by atoms with van der Waals surface area (Å²) < 4.78 is 0. The summed E-state index contributed by atoms with van der Waals surface area (Å²) >= 11 is 0. The van der Waals surface area contributed by atoms with E-state index >= 15 is 0 Å². The number of hydrogen-bond acceptors (Lipinski definition) is 1. The van der Waals surface area contributed by atoms with Gasteiger partial charge in [0, 0.05) is 16.8 Å². The molecule has 0 amide bonds. The van der Waals surface area contributed by atoms with Crippen molar-refractivity contribution in [2.24, 2.45) is 0 Å². The minimum absolute atomic E-state index is 0.512. The second-order valence-electron chi connectivity index (χ2n) is 18.2. The summed E-state index contributed by atoms with van der Waals surface area (Å²) in [4.78, 5) is 2.58. The molecule has 11 aromatic rings. The van der Waals surface area contributed by atoms with Crippen molar-refractivity contribution in [3.05, 3.63) is 305 Å². The second kappa shape index (κ2) is 14.5. The third kappa shape index (κ3) is 5.09. The highest BCUT2D eigenvalue weighted by Crippen LogP contribution is 2.66. The molecule has 0 aliphatic heterocycles. The van der Waals surface area contributed by atoms with E-state index in [2.05, 4.69) is 266 Å². The first-order valence-electron chi connectivity index (χ1n) is 23.4. The number of hydrogen-bond donors (Lipinski definition) is 0. The van der Waals surface area contributed by atoms with Crippen LogP contribution >= 0.6 is 0 Å². The lowest BCUT2D eigenvalue weighted by Crippen LogP contribution is -2.28. The zero-order valence-electron chi connectivity index (χ0n) is 36.8. The van der Waals surface area contributed by atoms with Crippen LogP contribution in [-0.2, 0) is 10.8 Å². The molecule has 0 fully saturated rings. The fraction of sp³-hybridized carbons (Fsp3) is 0.0303. The number of rotatable bonds is 6. The van der Waals surface area contributed by atoms with Crippen LogP contribution in [-0.4, -0.2) is 0 Å². The zero-order valence-corrected chi connectivity index (χ0v) is 36.8. The van der Waals surface area contributed by atoms with Gasteiger partial charge in [0.1, 0.15) is 0 Å². The van der Waals surface area contributed by atoms with Gasteiger partial charge in [-0.3, -0.25) is 0 Å². The van der Waals surface area contributed by atoms with Crippen molar-refractivity contribution in [1.29, 1.82) is 0 Å². The second-order valence-corrected chi connectivity index (χ2v) is 18.2. The van der Waals surface area contributed by atoms with E-state index in [-0.39, 0.29) is 0 Å². The number of fused-ring (bicyclic) bond motifs is 15. The summed E-state index contributed by atoms with van der Waals surface area (Å²) in [7, 11) is 0. The highest BCUT2D eigenvalue weighted by Gasteiger charge is 2.53. The Kier molecular flexibility index (Phi) is 8.18. The molecule has 1 nitrogen and oxygen atoms in total. The number of benzene rings is 11. The van der Waals surface area contributed by atoms with E-state index in [0.717, 1.165) is 17.1 Å². The molecule has 11 aromatic carbocycles. The van der Waals surface area contributed by atoms with E-state index in [4.69, 9.17) is 0 Å². The minimum atomic E-state index is -0.539. The van der Waals surface area contributed by atoms with E-state index < -0.39 is 10.8 Å². The molecule has 67 heavy (non-hydrogen) atoms. The van der Waals surface area contributed by atoms with Gasteiger partial charge in [-0.1, -0.05) is 237 Å². The van der Waals surface area contributed by atoms with Crippen LogP contribution in [0.25, 0.3) is 55.3 Å². The van der Waals surface area contributed by atoms with E-state index in [1.54, 1.807) is 0 Å². The lowest BCUT2D eigenvalue weighted by atomic mass is 9.68. The van der Waals surface area contributed by atoms with Crippen LogP contribution in [0.2, 0.25) is 0 Å². The van der Waals surface area contributed by atoms with Crippen LogP contribution in [0.4, 0.5) is 17.1 Å². The largest absolute Gasteiger partial charge is 0.309 e. The summed E-state index contributed by atoms with van der Waals surface area (Å²) in [5, 5.41) is 2.56. The number of nitrogens with zero attached hydrogens (tertiary/aromatic N) is 1. The van der Waals surface area contributed by atoms with Crippen molar-refractivity contribution in [3.8, 4) is 44.5 Å². The van der Waals surface area contributed by atoms with Crippen molar-refractivity contribution in [2.75, 3.05) is 4.90 Å². The lowest BCUT2D eigenvalue weighted by molar-refractivity contribution is 0.768. The Hall–Kier alpha value is -8.52. The van der Waals surface area contributed by atoms with Gasteiger partial charge in [-0.15, -0.1) is 0 Å². The molecule has 0 saturated carbocycles. The van der Waals surface area contributed by atoms with E-state index in [1.807, 2.05) is 0 Å². The average Bonchev–Trinajstić information content (AvgIpc) is 4.01. The molecular formula is C66H43N. The van der Waals surface area contributed by atoms with Gasteiger partial charge in [0.15, 0.2) is 0 Å². The van der Waals surface area contributed by atoms with Crippen LogP contribution in [0.15, 0.2) is 261 Å². The van der Waals surface area contributed by atoms with Crippen LogP contribution in [0.1, 0.15) is 44.5 Å². The van der Waals surface area contributed by atoms with Crippen LogP contribution in [0, 0.1) is 0 Å². The molecule has 1 heteroatoms. The van der Waals surface area contributed by atoms with Crippen molar-refractivity contribution in [2.45, 2.75) is 10.8 Å². The highest BCUT2D eigenvalue weighted by atomic mass is 15.1. The first kappa shape index (κ1) is 37.8. The fourth-order valence-electron chi connectivity index (χ4n) is 12.6. The lowest BCUT2D eigenvalue weighted by Gasteiger charge is -2.35. The quantitative estimate of drug-likeness (QED) is 0.161. The highest BCUT2D eigenvalue weighted by molar-refractivity contribution is 6.08. The Morgan fingerprint density at radius 1 is 0.254 bits per heavy atom. The van der Waals surface area contributed by atoms with Crippen molar-refractivity contribution in [1.82, 2.24) is 0 Å². The third-order valence-electron chi connectivity index (χ3n) is 15.2. The van der Waals surface area contributed by atoms with E-state index in [0.29, 0.717) is 0 Å². The molecule has 0 radical (unpaired) electrons. The van der Waals surface area contributed by atoms with Gasteiger partial charge < -0.3 is 4.90 Å². The standard InChI is InChI=1S/C66H43N/c1-4-20-44(21-5-1)45-38-41-49(42-39-45)67(60-36-18-34-57-63(60)52-29-13-15-31-54(52)65(57,47-23-6-2-7-24-47)48-25-8-3-9-26-48)61-37-19-35-58-64(61)53-30-14-17-33-56(53)66(58)55-32-16-12-28-51(55)62-50-27-11-10-22-46(50)40-43-59(62)66/h1-43H. The summed E-state index contributed by atoms with van der Waals surface area (Å²) in [6, 6.07) is 97.5. The first-order valence-corrected chi connectivity index (χ1v) is 23.4. The molecule has 0 aromatic heterocycles. The molecular weight excluding hydrogens is 807 g/mol. The average molecular weight is 850 g/mol. The summed E-state index contributed by atoms with van der Waals surface area (Å²) in [6.45, 7) is 0. The van der Waals surface area contributed by atoms with Crippen molar-refractivity contribution < 1.29 is 0 Å². The maximum Gasteiger partial charge on any atom is 0.0726 e. The van der Waals surface area contributed by atoms with Gasteiger partial charge in [-0.2, -0.15) is 0 Å². The molecule has 0 bridgehead atoms. The van der Waals surface area contributed by atoms with Crippen LogP contribution < -0.4 is 4.90 Å². The molecule has 3 aliphatic rings. The summed E-state index contributed by atoms with van der Waals surface area (Å²) in [5.41, 5.74) is 22.9. The van der Waals surface area contributed by atoms with E-state index in [1.165, 1.54) is 99.8 Å². The Balaban J connectivity index is 1.09. The molecule has 3 aliphatic carbocycles.